The molecule has 0 radical (unpaired) electrons. The van der Waals surface area contributed by atoms with Crippen molar-refractivity contribution >= 4 is 11.8 Å². The molecule has 1 aliphatic rings. The molecule has 92 valence electrons. The van der Waals surface area contributed by atoms with Gasteiger partial charge in [0.25, 0.3) is 0 Å². The average Bonchev–Trinajstić information content (AvgIpc) is 2.19. The van der Waals surface area contributed by atoms with Crippen LogP contribution in [0.2, 0.25) is 0 Å². The van der Waals surface area contributed by atoms with Crippen molar-refractivity contribution in [2.75, 3.05) is 6.54 Å². The van der Waals surface area contributed by atoms with Gasteiger partial charge in [-0.25, -0.2) is 0 Å². The van der Waals surface area contributed by atoms with Crippen LogP contribution < -0.4 is 16.4 Å². The summed E-state index contributed by atoms with van der Waals surface area (Å²) in [6, 6.07) is -1.02. The van der Waals surface area contributed by atoms with E-state index in [1.807, 2.05) is 20.8 Å². The summed E-state index contributed by atoms with van der Waals surface area (Å²) in [5.74, 6) is -0.366. The summed E-state index contributed by atoms with van der Waals surface area (Å²) in [4.78, 5) is 23.2. The lowest BCUT2D eigenvalue weighted by atomic mass is 9.86. The molecule has 4 N–H and O–H groups in total. The summed E-state index contributed by atoms with van der Waals surface area (Å²) in [5, 5.41) is 5.42. The molecule has 1 aliphatic heterocycles. The molecule has 1 unspecified atom stereocenters. The van der Waals surface area contributed by atoms with Gasteiger partial charge in [0.2, 0.25) is 11.8 Å². The molecule has 16 heavy (non-hydrogen) atoms. The molecule has 0 aromatic heterocycles. The van der Waals surface area contributed by atoms with Crippen molar-refractivity contribution in [2.45, 2.75) is 45.7 Å². The number of nitrogens with two attached hydrogens (primary N) is 1. The first-order chi connectivity index (χ1) is 7.32. The fraction of sp³-hybridized carbons (Fsp3) is 0.818. The van der Waals surface area contributed by atoms with Crippen LogP contribution in [0.3, 0.4) is 0 Å². The molecule has 1 fully saturated rings. The first-order valence-corrected chi connectivity index (χ1v) is 5.66. The average molecular weight is 227 g/mol. The molecule has 2 atom stereocenters. The monoisotopic (exact) mass is 227 g/mol. The predicted molar refractivity (Wildman–Crippen MR) is 61.6 cm³/mol. The zero-order chi connectivity index (χ0) is 12.3. The molecule has 5 heteroatoms. The summed E-state index contributed by atoms with van der Waals surface area (Å²) < 4.78 is 0. The Kier molecular flexibility index (Phi) is 3.91. The van der Waals surface area contributed by atoms with Gasteiger partial charge in [0.15, 0.2) is 0 Å². The minimum Gasteiger partial charge on any atom is -0.354 e. The number of piperidine rings is 1. The lowest BCUT2D eigenvalue weighted by Gasteiger charge is -2.29. The second-order valence-electron chi connectivity index (χ2n) is 5.34. The van der Waals surface area contributed by atoms with E-state index in [2.05, 4.69) is 10.6 Å². The van der Waals surface area contributed by atoms with Gasteiger partial charge in [-0.15, -0.1) is 0 Å². The van der Waals surface area contributed by atoms with Crippen molar-refractivity contribution in [3.8, 4) is 0 Å². The smallest absolute Gasteiger partial charge is 0.242 e. The van der Waals surface area contributed by atoms with E-state index in [-0.39, 0.29) is 17.2 Å². The van der Waals surface area contributed by atoms with E-state index in [9.17, 15) is 9.59 Å². The Bertz CT molecular complexity index is 283. The van der Waals surface area contributed by atoms with Crippen LogP contribution in [0.1, 0.15) is 33.6 Å². The Hall–Kier alpha value is -1.10. The van der Waals surface area contributed by atoms with Crippen LogP contribution in [0.4, 0.5) is 0 Å². The van der Waals surface area contributed by atoms with Crippen LogP contribution in [0.25, 0.3) is 0 Å². The van der Waals surface area contributed by atoms with Crippen molar-refractivity contribution in [2.24, 2.45) is 11.1 Å². The Balaban J connectivity index is 2.53. The van der Waals surface area contributed by atoms with Crippen LogP contribution in [0.15, 0.2) is 0 Å². The summed E-state index contributed by atoms with van der Waals surface area (Å²) in [6.07, 6.45) is 1.58. The number of hydrogen-bond donors (Lipinski definition) is 3. The largest absolute Gasteiger partial charge is 0.354 e. The van der Waals surface area contributed by atoms with Crippen molar-refractivity contribution in [1.29, 1.82) is 0 Å². The highest BCUT2D eigenvalue weighted by Crippen LogP contribution is 2.17. The van der Waals surface area contributed by atoms with E-state index >= 15 is 0 Å². The lowest BCUT2D eigenvalue weighted by molar-refractivity contribution is -0.131. The summed E-state index contributed by atoms with van der Waals surface area (Å²) >= 11 is 0. The van der Waals surface area contributed by atoms with Crippen LogP contribution >= 0.6 is 0 Å². The fourth-order valence-corrected chi connectivity index (χ4v) is 1.56. The molecule has 5 nitrogen and oxygen atoms in total. The summed E-state index contributed by atoms with van der Waals surface area (Å²) in [5.41, 5.74) is 5.52. The number of hydrogen-bond acceptors (Lipinski definition) is 3. The summed E-state index contributed by atoms with van der Waals surface area (Å²) in [7, 11) is 0. The molecule has 1 heterocycles. The molecule has 2 amide bonds. The number of rotatable bonds is 2. The Morgan fingerprint density at radius 1 is 1.56 bits per heavy atom. The van der Waals surface area contributed by atoms with Crippen molar-refractivity contribution in [3.63, 3.8) is 0 Å². The maximum absolute atomic E-state index is 11.8. The van der Waals surface area contributed by atoms with E-state index in [0.717, 1.165) is 6.42 Å². The van der Waals surface area contributed by atoms with Crippen LogP contribution in [-0.4, -0.2) is 30.4 Å². The SMILES string of the molecule is CC(C)(C)[C@H](N)C(=O)NC1CCCNC1=O. The first-order valence-electron chi connectivity index (χ1n) is 5.66. The maximum Gasteiger partial charge on any atom is 0.242 e. The molecule has 1 saturated heterocycles. The third kappa shape index (κ3) is 3.20. The third-order valence-corrected chi connectivity index (χ3v) is 2.82. The summed E-state index contributed by atoms with van der Waals surface area (Å²) in [6.45, 7) is 6.39. The normalized spacial score (nSPS) is 23.5. The quantitative estimate of drug-likeness (QED) is 0.608. The van der Waals surface area contributed by atoms with Crippen LogP contribution in [0.5, 0.6) is 0 Å². The van der Waals surface area contributed by atoms with Crippen molar-refractivity contribution < 1.29 is 9.59 Å². The van der Waals surface area contributed by atoms with Crippen LogP contribution in [-0.2, 0) is 9.59 Å². The van der Waals surface area contributed by atoms with Gasteiger partial charge in [-0.2, -0.15) is 0 Å². The number of carbonyl (C=O) groups is 2. The molecule has 0 aliphatic carbocycles. The zero-order valence-corrected chi connectivity index (χ0v) is 10.2. The van der Waals surface area contributed by atoms with Gasteiger partial charge in [0.05, 0.1) is 6.04 Å². The Labute approximate surface area is 96.1 Å². The van der Waals surface area contributed by atoms with Gasteiger partial charge in [-0.3, -0.25) is 9.59 Å². The van der Waals surface area contributed by atoms with E-state index in [0.29, 0.717) is 13.0 Å². The minimum absolute atomic E-state index is 0.110. The molecular formula is C11H21N3O2. The maximum atomic E-state index is 11.8. The van der Waals surface area contributed by atoms with Gasteiger partial charge in [0.1, 0.15) is 6.04 Å². The van der Waals surface area contributed by atoms with Gasteiger partial charge < -0.3 is 16.4 Å². The zero-order valence-electron chi connectivity index (χ0n) is 10.2. The van der Waals surface area contributed by atoms with E-state index < -0.39 is 12.1 Å². The van der Waals surface area contributed by atoms with E-state index in [4.69, 9.17) is 5.73 Å². The van der Waals surface area contributed by atoms with Gasteiger partial charge in [0, 0.05) is 6.54 Å². The van der Waals surface area contributed by atoms with Crippen molar-refractivity contribution in [3.05, 3.63) is 0 Å². The molecule has 0 saturated carbocycles. The van der Waals surface area contributed by atoms with Crippen molar-refractivity contribution in [1.82, 2.24) is 10.6 Å². The minimum atomic E-state index is -0.595. The topological polar surface area (TPSA) is 84.2 Å². The number of carbonyl (C=O) groups excluding carboxylic acids is 2. The van der Waals surface area contributed by atoms with Gasteiger partial charge in [-0.05, 0) is 18.3 Å². The van der Waals surface area contributed by atoms with Crippen LogP contribution in [0, 0.1) is 5.41 Å². The second-order valence-corrected chi connectivity index (χ2v) is 5.34. The third-order valence-electron chi connectivity index (χ3n) is 2.82. The van der Waals surface area contributed by atoms with Gasteiger partial charge in [-0.1, -0.05) is 20.8 Å². The molecule has 1 rings (SSSR count). The highest BCUT2D eigenvalue weighted by molar-refractivity contribution is 5.90. The molecule has 0 aromatic rings. The molecular weight excluding hydrogens is 206 g/mol. The van der Waals surface area contributed by atoms with E-state index in [1.165, 1.54) is 0 Å². The first kappa shape index (κ1) is 13.0. The van der Waals surface area contributed by atoms with Gasteiger partial charge >= 0.3 is 0 Å². The highest BCUT2D eigenvalue weighted by atomic mass is 16.2. The number of amides is 2. The Morgan fingerprint density at radius 2 is 2.19 bits per heavy atom. The Morgan fingerprint density at radius 3 is 2.69 bits per heavy atom. The predicted octanol–water partition coefficient (Wildman–Crippen LogP) is -0.245. The molecule has 0 spiro atoms. The van der Waals surface area contributed by atoms with E-state index in [1.54, 1.807) is 0 Å². The molecule has 0 bridgehead atoms. The molecule has 0 aromatic carbocycles. The second kappa shape index (κ2) is 4.82. The standard InChI is InChI=1S/C11H21N3O2/c1-11(2,3)8(12)10(16)14-7-5-4-6-13-9(7)15/h7-8H,4-6,12H2,1-3H3,(H,13,15)(H,14,16)/t7?,8-/m1/s1. The highest BCUT2D eigenvalue weighted by Gasteiger charge is 2.31. The number of nitrogens with one attached hydrogen (secondary N) is 2. The fourth-order valence-electron chi connectivity index (χ4n) is 1.56. The lowest BCUT2D eigenvalue weighted by Crippen LogP contribution is -2.56.